The molecule has 0 aliphatic heterocycles. The van der Waals surface area contributed by atoms with Crippen molar-refractivity contribution >= 4 is 22.8 Å². The molecule has 6 nitrogen and oxygen atoms in total. The minimum Gasteiger partial charge on any atom is -0.512 e. The van der Waals surface area contributed by atoms with Crippen LogP contribution in [0, 0.1) is 6.07 Å². The summed E-state index contributed by atoms with van der Waals surface area (Å²) < 4.78 is 9.40. The second kappa shape index (κ2) is 13.5. The smallest absolute Gasteiger partial charge is 0.512 e. The number of aliphatic hydroxyl groups excluding tert-OH is 1. The summed E-state index contributed by atoms with van der Waals surface area (Å²) in [5.41, 5.74) is 8.75. The van der Waals surface area contributed by atoms with Crippen LogP contribution in [0.15, 0.2) is 96.8 Å². The standard InChI is InChI=1S/C24H18N.C10H14O5.Ir/c1-24(2)20-9-5-4-8-18(20)19-13-11-17(15-21(19)24)23-14-12-16-7-3-6-10-22(16)25-23;1-7(2)10(13)15-5-4-14-9(12)6-8(3)11;/h3-10,12-15H,1-2H3;6,11H,1,4-5H2,2-3H3;/q-1;;/p+1/b;8-6-;. The summed E-state index contributed by atoms with van der Waals surface area (Å²) in [5.74, 6) is -1.01. The van der Waals surface area contributed by atoms with Gasteiger partial charge in [-0.15, -0.1) is 29.3 Å². The molecular formula is C34H33IrNO5. The van der Waals surface area contributed by atoms with Crippen molar-refractivity contribution in [2.75, 3.05) is 13.2 Å². The van der Waals surface area contributed by atoms with E-state index < -0.39 is 11.9 Å². The first-order chi connectivity index (χ1) is 19.1. The number of nitrogens with zero attached hydrogens (tertiary/aromatic N) is 1. The average molecular weight is 728 g/mol. The second-order valence-electron chi connectivity index (χ2n) is 10.1. The van der Waals surface area contributed by atoms with Gasteiger partial charge in [-0.1, -0.05) is 86.2 Å². The molecule has 0 bridgehead atoms. The van der Waals surface area contributed by atoms with E-state index in [1.54, 1.807) is 0 Å². The average Bonchev–Trinajstić information content (AvgIpc) is 3.17. The van der Waals surface area contributed by atoms with E-state index in [9.17, 15) is 4.79 Å². The van der Waals surface area contributed by atoms with Crippen molar-refractivity contribution in [1.82, 2.24) is 4.98 Å². The number of esters is 2. The number of hydrogen-bond acceptors (Lipinski definition) is 5. The molecule has 0 saturated heterocycles. The molecule has 1 aromatic heterocycles. The van der Waals surface area contributed by atoms with Gasteiger partial charge in [-0.25, -0.2) is 4.79 Å². The summed E-state index contributed by atoms with van der Waals surface area (Å²) in [6, 6.07) is 29.0. The van der Waals surface area contributed by atoms with Gasteiger partial charge in [0.2, 0.25) is 6.61 Å². The Balaban J connectivity index is 0.000000253. The van der Waals surface area contributed by atoms with E-state index in [-0.39, 0.29) is 44.5 Å². The van der Waals surface area contributed by atoms with E-state index in [1.807, 2.05) is 12.1 Å². The van der Waals surface area contributed by atoms with Gasteiger partial charge >= 0.3 is 11.9 Å². The Morgan fingerprint density at radius 3 is 2.41 bits per heavy atom. The second-order valence-corrected chi connectivity index (χ2v) is 10.1. The number of aliphatic hydroxyl groups is 1. The van der Waals surface area contributed by atoms with Gasteiger partial charge in [0.05, 0.1) is 5.52 Å². The number of ether oxygens (including phenoxy) is 2. The summed E-state index contributed by atoms with van der Waals surface area (Å²) in [4.78, 5) is 24.7. The zero-order chi connectivity index (χ0) is 28.9. The molecule has 3 aromatic carbocycles. The van der Waals surface area contributed by atoms with Gasteiger partial charge in [-0.2, -0.15) is 0 Å². The number of benzene rings is 3. The molecular weight excluding hydrogens is 695 g/mol. The molecule has 213 valence electrons. The van der Waals surface area contributed by atoms with Crippen LogP contribution < -0.4 is 0 Å². The van der Waals surface area contributed by atoms with Crippen LogP contribution in [0.25, 0.3) is 33.3 Å². The van der Waals surface area contributed by atoms with Crippen LogP contribution in [0.4, 0.5) is 0 Å². The largest absolute Gasteiger partial charge is 0.513 e. The fourth-order valence-electron chi connectivity index (χ4n) is 4.63. The van der Waals surface area contributed by atoms with Crippen LogP contribution in [-0.2, 0) is 39.8 Å². The number of para-hydroxylation sites is 1. The maximum atomic E-state index is 10.9. The summed E-state index contributed by atoms with van der Waals surface area (Å²) in [6.45, 7) is 10.9. The molecule has 1 aliphatic carbocycles. The van der Waals surface area contributed by atoms with Crippen molar-refractivity contribution in [3.05, 3.63) is 114 Å². The number of carbonyl (C=O) groups is 1. The number of rotatable bonds is 6. The molecule has 0 amide bonds. The van der Waals surface area contributed by atoms with E-state index in [0.717, 1.165) is 22.9 Å². The molecule has 0 atom stereocenters. The number of pyridine rings is 1. The first kappa shape index (κ1) is 31.5. The Morgan fingerprint density at radius 1 is 1.00 bits per heavy atom. The topological polar surface area (TPSA) is 90.0 Å². The normalized spacial score (nSPS) is 12.6. The molecule has 4 aromatic rings. The van der Waals surface area contributed by atoms with E-state index in [2.05, 4.69) is 91.9 Å². The summed E-state index contributed by atoms with van der Waals surface area (Å²) in [5, 5.41) is 9.91. The van der Waals surface area contributed by atoms with E-state index in [0.29, 0.717) is 5.57 Å². The Bertz CT molecular complexity index is 1620. The van der Waals surface area contributed by atoms with Crippen LogP contribution in [-0.4, -0.2) is 40.0 Å². The predicted molar refractivity (Wildman–Crippen MR) is 159 cm³/mol. The van der Waals surface area contributed by atoms with Crippen LogP contribution in [0.3, 0.4) is 0 Å². The van der Waals surface area contributed by atoms with Crippen molar-refractivity contribution < 1.29 is 44.3 Å². The Morgan fingerprint density at radius 2 is 1.68 bits per heavy atom. The number of fused-ring (bicyclic) bond motifs is 4. The summed E-state index contributed by atoms with van der Waals surface area (Å²) in [6.07, 6.45) is 1.04. The molecule has 0 fully saturated rings. The van der Waals surface area contributed by atoms with E-state index in [4.69, 9.17) is 19.6 Å². The van der Waals surface area contributed by atoms with Crippen molar-refractivity contribution in [2.24, 2.45) is 0 Å². The molecule has 0 unspecified atom stereocenters. The zero-order valence-corrected chi connectivity index (χ0v) is 25.9. The SMILES string of the molecule is C=C(C)C(=O)OCCOC(=[OH+])/C=C(/C)O.CC1(C)c2ccccc2-c2c[c-]c(-c3ccc4ccccc4n3)cc21.[Ir]. The Kier molecular flexibility index (Phi) is 10.4. The first-order valence-electron chi connectivity index (χ1n) is 13.0. The molecule has 7 heteroatoms. The van der Waals surface area contributed by atoms with E-state index in [1.165, 1.54) is 41.5 Å². The van der Waals surface area contributed by atoms with Gasteiger partial charge in [0.15, 0.2) is 6.61 Å². The van der Waals surface area contributed by atoms with Crippen LogP contribution in [0.1, 0.15) is 38.8 Å². The summed E-state index contributed by atoms with van der Waals surface area (Å²) >= 11 is 0. The van der Waals surface area contributed by atoms with Crippen molar-refractivity contribution in [3.63, 3.8) is 0 Å². The molecule has 0 saturated carbocycles. The quantitative estimate of drug-likeness (QED) is 0.0573. The first-order valence-corrected chi connectivity index (χ1v) is 13.0. The van der Waals surface area contributed by atoms with Crippen LogP contribution in [0.2, 0.25) is 0 Å². The molecule has 0 spiro atoms. The molecule has 5 rings (SSSR count). The third kappa shape index (κ3) is 7.37. The van der Waals surface area contributed by atoms with Gasteiger partial charge in [0.1, 0.15) is 11.8 Å². The predicted octanol–water partition coefficient (Wildman–Crippen LogP) is 7.09. The fourth-order valence-corrected chi connectivity index (χ4v) is 4.63. The minimum absolute atomic E-state index is 0. The third-order valence-electron chi connectivity index (χ3n) is 6.64. The minimum atomic E-state index is -0.507. The molecule has 2 N–H and O–H groups in total. The maximum Gasteiger partial charge on any atom is 0.513 e. The fraction of sp³-hybridized carbons (Fsp3) is 0.206. The zero-order valence-electron chi connectivity index (χ0n) is 23.5. The van der Waals surface area contributed by atoms with Crippen LogP contribution >= 0.6 is 0 Å². The van der Waals surface area contributed by atoms with E-state index >= 15 is 0 Å². The third-order valence-corrected chi connectivity index (χ3v) is 6.64. The summed E-state index contributed by atoms with van der Waals surface area (Å²) in [7, 11) is 0. The van der Waals surface area contributed by atoms with Gasteiger partial charge in [0, 0.05) is 25.7 Å². The monoisotopic (exact) mass is 728 g/mol. The van der Waals surface area contributed by atoms with Gasteiger partial charge in [0.25, 0.3) is 0 Å². The molecule has 41 heavy (non-hydrogen) atoms. The van der Waals surface area contributed by atoms with Gasteiger partial charge in [-0.05, 0) is 42.0 Å². The van der Waals surface area contributed by atoms with Crippen molar-refractivity contribution in [2.45, 2.75) is 33.1 Å². The molecule has 1 heterocycles. The Labute approximate surface area is 254 Å². The van der Waals surface area contributed by atoms with Gasteiger partial charge < -0.3 is 19.4 Å². The molecule has 1 aliphatic rings. The van der Waals surface area contributed by atoms with Crippen molar-refractivity contribution in [1.29, 1.82) is 0 Å². The number of carbonyl (C=O) groups excluding carboxylic acids is 2. The number of hydrogen-bond donors (Lipinski definition) is 1. The molecule has 1 radical (unpaired) electrons. The number of allylic oxidation sites excluding steroid dienone is 1. The maximum absolute atomic E-state index is 10.9. The van der Waals surface area contributed by atoms with Crippen molar-refractivity contribution in [3.8, 4) is 22.4 Å². The Hall–Kier alpha value is -4.06. The number of aromatic nitrogens is 1. The van der Waals surface area contributed by atoms with Gasteiger partial charge in [-0.3, -0.25) is 4.98 Å². The van der Waals surface area contributed by atoms with Crippen LogP contribution in [0.5, 0.6) is 0 Å².